The molecule has 0 aromatic heterocycles. The second-order valence-corrected chi connectivity index (χ2v) is 8.87. The second-order valence-electron chi connectivity index (χ2n) is 8.87. The minimum Gasteiger partial charge on any atom is -0.347 e. The fraction of sp³-hybridized carbons (Fsp3) is 0.636. The van der Waals surface area contributed by atoms with E-state index in [9.17, 15) is 0 Å². The van der Waals surface area contributed by atoms with Gasteiger partial charge in [0, 0.05) is 32.2 Å². The van der Waals surface area contributed by atoms with Crippen molar-refractivity contribution in [1.29, 1.82) is 0 Å². The van der Waals surface area contributed by atoms with Gasteiger partial charge in [0.05, 0.1) is 44.8 Å². The van der Waals surface area contributed by atoms with Crippen molar-refractivity contribution in [2.24, 2.45) is 0 Å². The van der Waals surface area contributed by atoms with E-state index in [1.54, 1.807) is 0 Å². The molecule has 192 valence electrons. The van der Waals surface area contributed by atoms with Gasteiger partial charge in [-0.1, -0.05) is 79.5 Å². The Balaban J connectivity index is 2.22. The van der Waals surface area contributed by atoms with Crippen LogP contribution in [0.25, 0.3) is 0 Å². The fourth-order valence-electron chi connectivity index (χ4n) is 3.50. The Labute approximate surface area is 221 Å². The summed E-state index contributed by atoms with van der Waals surface area (Å²) in [5, 5.41) is 0. The molecule has 1 aliphatic rings. The van der Waals surface area contributed by atoms with Crippen LogP contribution in [0.3, 0.4) is 0 Å². The molecular formula is C33H43NO2. The zero-order valence-corrected chi connectivity index (χ0v) is 22.9. The molecule has 0 N–H and O–H groups in total. The summed E-state index contributed by atoms with van der Waals surface area (Å²) in [4.78, 5) is 2.20. The van der Waals surface area contributed by atoms with Crippen molar-refractivity contribution in [1.82, 2.24) is 4.90 Å². The molecule has 0 amide bonds. The fourth-order valence-corrected chi connectivity index (χ4v) is 3.50. The quantitative estimate of drug-likeness (QED) is 0.305. The average molecular weight is 486 g/mol. The Morgan fingerprint density at radius 2 is 1.19 bits per heavy atom. The van der Waals surface area contributed by atoms with E-state index < -0.39 is 5.79 Å². The van der Waals surface area contributed by atoms with Gasteiger partial charge in [-0.3, -0.25) is 0 Å². The van der Waals surface area contributed by atoms with Crippen molar-refractivity contribution in [3.8, 4) is 71.0 Å². The molecule has 3 nitrogen and oxygen atoms in total. The topological polar surface area (TPSA) is 21.7 Å². The molecule has 2 atom stereocenters. The lowest BCUT2D eigenvalue weighted by Gasteiger charge is -2.28. The minimum atomic E-state index is -0.408. The van der Waals surface area contributed by atoms with Crippen molar-refractivity contribution in [2.45, 2.75) is 109 Å². The molecule has 0 radical (unpaired) electrons. The third-order valence-corrected chi connectivity index (χ3v) is 5.39. The third-order valence-electron chi connectivity index (χ3n) is 5.39. The van der Waals surface area contributed by atoms with Gasteiger partial charge in [-0.2, -0.15) is 0 Å². The lowest BCUT2D eigenvalue weighted by Crippen LogP contribution is -2.31. The van der Waals surface area contributed by atoms with Crippen LogP contribution in [-0.4, -0.2) is 44.0 Å². The largest absolute Gasteiger partial charge is 0.347 e. The van der Waals surface area contributed by atoms with E-state index in [0.29, 0.717) is 38.7 Å². The van der Waals surface area contributed by atoms with Crippen molar-refractivity contribution in [3.63, 3.8) is 0 Å². The van der Waals surface area contributed by atoms with E-state index in [-0.39, 0.29) is 6.10 Å². The predicted molar refractivity (Wildman–Crippen MR) is 150 cm³/mol. The molecule has 3 heteroatoms. The number of unbranched alkanes of at least 4 members (excludes halogenated alkanes) is 2. The van der Waals surface area contributed by atoms with E-state index in [0.717, 1.165) is 57.9 Å². The zero-order chi connectivity index (χ0) is 26.2. The average Bonchev–Trinajstić information content (AvgIpc) is 3.28. The van der Waals surface area contributed by atoms with Gasteiger partial charge in [0.25, 0.3) is 0 Å². The number of ether oxygens (including phenoxy) is 2. The number of nitrogens with zero attached hydrogens (tertiary/aromatic N) is 1. The normalized spacial score (nSPS) is 17.4. The Kier molecular flexibility index (Phi) is 18.7. The minimum absolute atomic E-state index is 0.205. The molecule has 1 fully saturated rings. The first-order chi connectivity index (χ1) is 17.6. The van der Waals surface area contributed by atoms with Crippen LogP contribution in [0.15, 0.2) is 0 Å². The van der Waals surface area contributed by atoms with Crippen LogP contribution in [0.4, 0.5) is 0 Å². The van der Waals surface area contributed by atoms with Gasteiger partial charge in [0.1, 0.15) is 0 Å². The molecular weight excluding hydrogens is 442 g/mol. The van der Waals surface area contributed by atoms with Crippen LogP contribution in [0.2, 0.25) is 0 Å². The summed E-state index contributed by atoms with van der Waals surface area (Å²) in [6.07, 6.45) is 11.0. The van der Waals surface area contributed by atoms with Crippen LogP contribution >= 0.6 is 0 Å². The summed E-state index contributed by atoms with van der Waals surface area (Å²) in [5.74, 6) is 36.2. The third kappa shape index (κ3) is 16.8. The lowest BCUT2D eigenvalue weighted by atomic mass is 10.0. The monoisotopic (exact) mass is 485 g/mol. The van der Waals surface area contributed by atoms with Gasteiger partial charge in [-0.25, -0.2) is 0 Å². The first kappa shape index (κ1) is 31.3. The van der Waals surface area contributed by atoms with Crippen molar-refractivity contribution in [3.05, 3.63) is 0 Å². The lowest BCUT2D eigenvalue weighted by molar-refractivity contribution is -0.179. The molecule has 1 rings (SSSR count). The molecule has 0 aliphatic carbocycles. The highest BCUT2D eigenvalue weighted by Crippen LogP contribution is 2.34. The van der Waals surface area contributed by atoms with Crippen LogP contribution in [0.1, 0.15) is 97.3 Å². The van der Waals surface area contributed by atoms with Crippen molar-refractivity contribution in [2.75, 3.05) is 27.2 Å². The summed E-state index contributed by atoms with van der Waals surface area (Å²) < 4.78 is 12.6. The maximum Gasteiger partial charge on any atom is 0.168 e. The molecule has 0 spiro atoms. The van der Waals surface area contributed by atoms with Gasteiger partial charge in [0.15, 0.2) is 5.79 Å². The van der Waals surface area contributed by atoms with E-state index in [1.165, 1.54) is 0 Å². The Morgan fingerprint density at radius 3 is 1.69 bits per heavy atom. The van der Waals surface area contributed by atoms with Crippen LogP contribution in [0.5, 0.6) is 0 Å². The van der Waals surface area contributed by atoms with Gasteiger partial charge < -0.3 is 14.4 Å². The number of hydrogen-bond donors (Lipinski definition) is 0. The maximum atomic E-state index is 6.39. The summed E-state index contributed by atoms with van der Waals surface area (Å²) in [6.45, 7) is 5.97. The molecule has 0 saturated carbocycles. The van der Waals surface area contributed by atoms with Crippen LogP contribution < -0.4 is 0 Å². The molecule has 1 aliphatic heterocycles. The van der Waals surface area contributed by atoms with Crippen LogP contribution in [-0.2, 0) is 9.47 Å². The van der Waals surface area contributed by atoms with E-state index in [4.69, 9.17) is 9.47 Å². The van der Waals surface area contributed by atoms with E-state index in [1.807, 2.05) is 6.92 Å². The highest BCUT2D eigenvalue weighted by atomic mass is 16.7. The van der Waals surface area contributed by atoms with Gasteiger partial charge in [-0.15, -0.1) is 11.8 Å². The molecule has 36 heavy (non-hydrogen) atoms. The molecule has 1 heterocycles. The standard InChI is InChI=1S/C33H43NO2/c1-5-7-9-10-11-12-13-14-15-16-17-18-19-20-21-22-23-24-25-26-29-33(28-8-6-2)35-31-32(36-33)27-30-34(3)4/h32H,5-6,8,10,13,16,19,22,25-31H2,1-4H3. The van der Waals surface area contributed by atoms with Crippen molar-refractivity contribution >= 4 is 0 Å². The highest BCUT2D eigenvalue weighted by Gasteiger charge is 2.40. The molecule has 0 bridgehead atoms. The zero-order valence-electron chi connectivity index (χ0n) is 22.9. The first-order valence-corrected chi connectivity index (χ1v) is 13.3. The first-order valence-electron chi connectivity index (χ1n) is 13.3. The molecule has 0 aromatic rings. The summed E-state index contributed by atoms with van der Waals surface area (Å²) in [7, 11) is 4.19. The van der Waals surface area contributed by atoms with Gasteiger partial charge in [0.2, 0.25) is 0 Å². The second kappa shape index (κ2) is 21.5. The van der Waals surface area contributed by atoms with Gasteiger partial charge >= 0.3 is 0 Å². The number of rotatable bonds is 9. The Hall–Kier alpha value is -2.76. The smallest absolute Gasteiger partial charge is 0.168 e. The van der Waals surface area contributed by atoms with Gasteiger partial charge in [-0.05, 0) is 33.4 Å². The SMILES string of the molecule is CCC#CCC#CCC#CCC#CCC#CCC#CCCCC1(CCCC)OCC(CCN(C)C)O1. The molecule has 1 saturated heterocycles. The highest BCUT2D eigenvalue weighted by molar-refractivity contribution is 5.20. The summed E-state index contributed by atoms with van der Waals surface area (Å²) >= 11 is 0. The predicted octanol–water partition coefficient (Wildman–Crippen LogP) is 5.79. The van der Waals surface area contributed by atoms with Crippen molar-refractivity contribution < 1.29 is 9.47 Å². The van der Waals surface area contributed by atoms with E-state index >= 15 is 0 Å². The summed E-state index contributed by atoms with van der Waals surface area (Å²) in [6, 6.07) is 0. The Bertz CT molecular complexity index is 988. The molecule has 2 unspecified atom stereocenters. The van der Waals surface area contributed by atoms with Crippen LogP contribution in [0, 0.1) is 71.0 Å². The summed E-state index contributed by atoms with van der Waals surface area (Å²) in [5.41, 5.74) is 0. The molecule has 0 aromatic carbocycles. The Morgan fingerprint density at radius 1 is 0.694 bits per heavy atom. The number of hydrogen-bond acceptors (Lipinski definition) is 3. The van der Waals surface area contributed by atoms with E-state index in [2.05, 4.69) is 97.0 Å². The maximum absolute atomic E-state index is 6.39.